The van der Waals surface area contributed by atoms with Gasteiger partial charge in [-0.05, 0) is 31.7 Å². The number of aliphatic hydroxyl groups is 1. The Hall–Kier alpha value is -1.32. The van der Waals surface area contributed by atoms with E-state index in [-0.39, 0.29) is 0 Å². The number of hydrogen-bond donors (Lipinski definition) is 2. The molecule has 1 aliphatic rings. The molecule has 2 unspecified atom stereocenters. The van der Waals surface area contributed by atoms with E-state index in [4.69, 9.17) is 4.42 Å². The van der Waals surface area contributed by atoms with Crippen LogP contribution in [-0.4, -0.2) is 17.8 Å². The van der Waals surface area contributed by atoms with Crippen LogP contribution in [0.2, 0.25) is 0 Å². The molecule has 3 nitrogen and oxygen atoms in total. The molecule has 2 aromatic rings. The number of nitrogens with one attached hydrogen (secondary N) is 1. The first kappa shape index (κ1) is 12.7. The number of benzene rings is 1. The molecule has 102 valence electrons. The average molecular weight is 259 g/mol. The molecular weight excluding hydrogens is 238 g/mol. The quantitative estimate of drug-likeness (QED) is 0.887. The molecule has 1 aromatic carbocycles. The minimum Gasteiger partial charge on any atom is -0.461 e. The maximum atomic E-state index is 9.36. The van der Waals surface area contributed by atoms with Gasteiger partial charge in [0.2, 0.25) is 0 Å². The van der Waals surface area contributed by atoms with Crippen molar-refractivity contribution in [2.45, 2.75) is 38.8 Å². The zero-order valence-corrected chi connectivity index (χ0v) is 11.4. The maximum absolute atomic E-state index is 9.36. The van der Waals surface area contributed by atoms with Crippen molar-refractivity contribution < 1.29 is 9.52 Å². The van der Waals surface area contributed by atoms with Crippen LogP contribution in [0.5, 0.6) is 0 Å². The number of hydrogen-bond acceptors (Lipinski definition) is 3. The smallest absolute Gasteiger partial charge is 0.134 e. The Morgan fingerprint density at radius 3 is 3.00 bits per heavy atom. The van der Waals surface area contributed by atoms with Crippen LogP contribution >= 0.6 is 0 Å². The van der Waals surface area contributed by atoms with Crippen molar-refractivity contribution >= 4 is 11.0 Å². The summed E-state index contributed by atoms with van der Waals surface area (Å²) in [4.78, 5) is 0. The highest BCUT2D eigenvalue weighted by Crippen LogP contribution is 2.28. The molecular formula is C16H21NO2. The molecule has 0 spiro atoms. The second-order valence-corrected chi connectivity index (χ2v) is 5.49. The zero-order chi connectivity index (χ0) is 13.2. The highest BCUT2D eigenvalue weighted by atomic mass is 16.3. The fourth-order valence-corrected chi connectivity index (χ4v) is 3.20. The Balaban J connectivity index is 1.76. The van der Waals surface area contributed by atoms with Crippen molar-refractivity contribution in [2.24, 2.45) is 5.92 Å². The predicted molar refractivity (Wildman–Crippen MR) is 76.0 cm³/mol. The third-order valence-electron chi connectivity index (χ3n) is 4.33. The summed E-state index contributed by atoms with van der Waals surface area (Å²) in [5.74, 6) is 1.41. The first-order valence-corrected chi connectivity index (χ1v) is 7.11. The first-order chi connectivity index (χ1) is 9.29. The van der Waals surface area contributed by atoms with Crippen LogP contribution in [0, 0.1) is 12.8 Å². The van der Waals surface area contributed by atoms with E-state index in [0.717, 1.165) is 24.3 Å². The van der Waals surface area contributed by atoms with Crippen LogP contribution in [0.3, 0.4) is 0 Å². The molecule has 1 heterocycles. The van der Waals surface area contributed by atoms with E-state index in [1.807, 2.05) is 25.1 Å². The molecule has 1 fully saturated rings. The Morgan fingerprint density at radius 1 is 1.32 bits per heavy atom. The number of furan rings is 1. The van der Waals surface area contributed by atoms with Crippen LogP contribution in [-0.2, 0) is 6.54 Å². The van der Waals surface area contributed by atoms with Gasteiger partial charge >= 0.3 is 0 Å². The van der Waals surface area contributed by atoms with Gasteiger partial charge in [0, 0.05) is 30.1 Å². The van der Waals surface area contributed by atoms with Gasteiger partial charge in [-0.2, -0.15) is 0 Å². The number of aliphatic hydroxyl groups excluding tert-OH is 1. The number of para-hydroxylation sites is 1. The topological polar surface area (TPSA) is 45.4 Å². The molecule has 0 radical (unpaired) electrons. The van der Waals surface area contributed by atoms with Crippen LogP contribution in [0.1, 0.15) is 30.6 Å². The minimum absolute atomic E-state index is 0.294. The molecule has 2 N–H and O–H groups in total. The summed E-state index contributed by atoms with van der Waals surface area (Å²) in [6, 6.07) is 8.62. The standard InChI is InChI=1S/C16H21NO2/c1-11-14(13-6-2-3-8-16(13)19-11)9-17-15-7-4-5-12(15)10-18/h2-3,6,8,12,15,17-18H,4-5,7,9-10H2,1H3. The molecule has 1 aromatic heterocycles. The average Bonchev–Trinajstić information content (AvgIpc) is 2.99. The highest BCUT2D eigenvalue weighted by Gasteiger charge is 2.26. The Morgan fingerprint density at radius 2 is 2.16 bits per heavy atom. The van der Waals surface area contributed by atoms with Crippen molar-refractivity contribution in [1.82, 2.24) is 5.32 Å². The molecule has 0 saturated heterocycles. The molecule has 3 heteroatoms. The summed E-state index contributed by atoms with van der Waals surface area (Å²) in [6.07, 6.45) is 3.52. The lowest BCUT2D eigenvalue weighted by molar-refractivity contribution is 0.205. The molecule has 0 bridgehead atoms. The van der Waals surface area contributed by atoms with Gasteiger partial charge < -0.3 is 14.8 Å². The molecule has 3 rings (SSSR count). The van der Waals surface area contributed by atoms with Crippen LogP contribution in [0.25, 0.3) is 11.0 Å². The fourth-order valence-electron chi connectivity index (χ4n) is 3.20. The highest BCUT2D eigenvalue weighted by molar-refractivity contribution is 5.82. The van der Waals surface area contributed by atoms with Crippen LogP contribution in [0.4, 0.5) is 0 Å². The molecule has 1 saturated carbocycles. The lowest BCUT2D eigenvalue weighted by atomic mass is 10.0. The second kappa shape index (κ2) is 5.35. The molecule has 2 atom stereocenters. The van der Waals surface area contributed by atoms with Crippen molar-refractivity contribution in [2.75, 3.05) is 6.61 Å². The van der Waals surface area contributed by atoms with E-state index in [1.165, 1.54) is 23.8 Å². The van der Waals surface area contributed by atoms with Crippen molar-refractivity contribution in [3.05, 3.63) is 35.6 Å². The van der Waals surface area contributed by atoms with E-state index < -0.39 is 0 Å². The maximum Gasteiger partial charge on any atom is 0.134 e. The largest absolute Gasteiger partial charge is 0.461 e. The van der Waals surface area contributed by atoms with Crippen LogP contribution in [0.15, 0.2) is 28.7 Å². The van der Waals surface area contributed by atoms with E-state index in [0.29, 0.717) is 18.6 Å². The molecule has 19 heavy (non-hydrogen) atoms. The Labute approximate surface area is 113 Å². The van der Waals surface area contributed by atoms with Gasteiger partial charge in [0.25, 0.3) is 0 Å². The third-order valence-corrected chi connectivity index (χ3v) is 4.33. The Bertz CT molecular complexity index is 561. The summed E-state index contributed by atoms with van der Waals surface area (Å²) in [6.45, 7) is 3.14. The van der Waals surface area contributed by atoms with Gasteiger partial charge in [-0.25, -0.2) is 0 Å². The van der Waals surface area contributed by atoms with Gasteiger partial charge in [0.15, 0.2) is 0 Å². The lowest BCUT2D eigenvalue weighted by Gasteiger charge is -2.18. The second-order valence-electron chi connectivity index (χ2n) is 5.49. The van der Waals surface area contributed by atoms with Crippen LogP contribution < -0.4 is 5.32 Å². The lowest BCUT2D eigenvalue weighted by Crippen LogP contribution is -2.33. The van der Waals surface area contributed by atoms with Gasteiger partial charge in [-0.15, -0.1) is 0 Å². The molecule has 0 aliphatic heterocycles. The predicted octanol–water partition coefficient (Wildman–Crippen LogP) is 2.99. The number of fused-ring (bicyclic) bond motifs is 1. The summed E-state index contributed by atoms with van der Waals surface area (Å²) in [7, 11) is 0. The summed E-state index contributed by atoms with van der Waals surface area (Å²) < 4.78 is 5.78. The number of rotatable bonds is 4. The van der Waals surface area contributed by atoms with E-state index in [1.54, 1.807) is 0 Å². The van der Waals surface area contributed by atoms with Gasteiger partial charge in [-0.1, -0.05) is 24.6 Å². The molecule has 1 aliphatic carbocycles. The fraction of sp³-hybridized carbons (Fsp3) is 0.500. The number of aryl methyl sites for hydroxylation is 1. The molecule has 0 amide bonds. The monoisotopic (exact) mass is 259 g/mol. The van der Waals surface area contributed by atoms with Gasteiger partial charge in [0.1, 0.15) is 11.3 Å². The Kier molecular flexibility index (Phi) is 3.58. The summed E-state index contributed by atoms with van der Waals surface area (Å²) in [5, 5.41) is 14.2. The van der Waals surface area contributed by atoms with Crippen molar-refractivity contribution in [1.29, 1.82) is 0 Å². The SMILES string of the molecule is Cc1oc2ccccc2c1CNC1CCCC1CO. The van der Waals surface area contributed by atoms with Crippen molar-refractivity contribution in [3.63, 3.8) is 0 Å². The van der Waals surface area contributed by atoms with Gasteiger partial charge in [0.05, 0.1) is 0 Å². The van der Waals surface area contributed by atoms with E-state index in [2.05, 4.69) is 11.4 Å². The van der Waals surface area contributed by atoms with E-state index in [9.17, 15) is 5.11 Å². The normalized spacial score (nSPS) is 23.3. The summed E-state index contributed by atoms with van der Waals surface area (Å²) in [5.41, 5.74) is 2.21. The zero-order valence-electron chi connectivity index (χ0n) is 11.4. The van der Waals surface area contributed by atoms with Crippen molar-refractivity contribution in [3.8, 4) is 0 Å². The van der Waals surface area contributed by atoms with Gasteiger partial charge in [-0.3, -0.25) is 0 Å². The van der Waals surface area contributed by atoms with E-state index >= 15 is 0 Å². The first-order valence-electron chi connectivity index (χ1n) is 7.11. The minimum atomic E-state index is 0.294. The third kappa shape index (κ3) is 2.40. The summed E-state index contributed by atoms with van der Waals surface area (Å²) >= 11 is 0.